The lowest BCUT2D eigenvalue weighted by Gasteiger charge is -2.36. The quantitative estimate of drug-likeness (QED) is 0.706. The van der Waals surface area contributed by atoms with Crippen molar-refractivity contribution in [2.45, 2.75) is 58.4 Å². The molecule has 1 spiro atoms. The number of rotatable bonds is 6. The highest BCUT2D eigenvalue weighted by molar-refractivity contribution is 6.06. The molecular weight excluding hydrogens is 332 g/mol. The van der Waals surface area contributed by atoms with Crippen LogP contribution in [0.5, 0.6) is 0 Å². The van der Waals surface area contributed by atoms with Crippen LogP contribution in [-0.2, 0) is 14.4 Å². The molecule has 0 aromatic rings. The second-order valence-corrected chi connectivity index (χ2v) is 8.20. The van der Waals surface area contributed by atoms with E-state index in [4.69, 9.17) is 0 Å². The summed E-state index contributed by atoms with van der Waals surface area (Å²) < 4.78 is 0. The fourth-order valence-electron chi connectivity index (χ4n) is 4.36. The molecule has 1 saturated carbocycles. The zero-order valence-electron chi connectivity index (χ0n) is 16.1. The number of nitrogens with one attached hydrogen (secondary N) is 1. The fourth-order valence-corrected chi connectivity index (χ4v) is 4.36. The van der Waals surface area contributed by atoms with Crippen LogP contribution in [0.1, 0.15) is 52.4 Å². The van der Waals surface area contributed by atoms with Crippen LogP contribution >= 0.6 is 0 Å². The Kier molecular flexibility index (Phi) is 5.97. The van der Waals surface area contributed by atoms with Crippen LogP contribution in [0.3, 0.4) is 0 Å². The molecule has 0 bridgehead atoms. The average Bonchev–Trinajstić information content (AvgIpc) is 3.17. The van der Waals surface area contributed by atoms with Gasteiger partial charge < -0.3 is 5.32 Å². The van der Waals surface area contributed by atoms with Gasteiger partial charge in [-0.25, -0.2) is 0 Å². The van der Waals surface area contributed by atoms with Gasteiger partial charge in [-0.15, -0.1) is 0 Å². The van der Waals surface area contributed by atoms with Gasteiger partial charge in [-0.1, -0.05) is 19.8 Å². The molecule has 0 aromatic carbocycles. The van der Waals surface area contributed by atoms with Crippen LogP contribution in [0.15, 0.2) is 0 Å². The molecule has 1 atom stereocenters. The van der Waals surface area contributed by atoms with Crippen molar-refractivity contribution < 1.29 is 14.4 Å². The number of piperazine rings is 1. The molecule has 1 aliphatic carbocycles. The first-order valence-electron chi connectivity index (χ1n) is 10.0. The van der Waals surface area contributed by atoms with Gasteiger partial charge in [0.1, 0.15) is 0 Å². The minimum absolute atomic E-state index is 0.00717. The van der Waals surface area contributed by atoms with Crippen molar-refractivity contribution >= 4 is 17.7 Å². The zero-order chi connectivity index (χ0) is 18.7. The fraction of sp³-hybridized carbons (Fsp3) is 0.842. The van der Waals surface area contributed by atoms with Gasteiger partial charge in [0.25, 0.3) is 0 Å². The van der Waals surface area contributed by atoms with Gasteiger partial charge in [0.05, 0.1) is 18.6 Å². The monoisotopic (exact) mass is 364 g/mol. The largest absolute Gasteiger partial charge is 0.353 e. The first-order valence-corrected chi connectivity index (χ1v) is 10.0. The lowest BCUT2D eigenvalue weighted by molar-refractivity contribution is -0.144. The number of nitrogens with zero attached hydrogens (tertiary/aromatic N) is 3. The third-order valence-corrected chi connectivity index (χ3v) is 6.24. The van der Waals surface area contributed by atoms with Gasteiger partial charge >= 0.3 is 0 Å². The Labute approximate surface area is 156 Å². The first kappa shape index (κ1) is 19.3. The van der Waals surface area contributed by atoms with Crippen molar-refractivity contribution in [1.82, 2.24) is 20.0 Å². The predicted molar refractivity (Wildman–Crippen MR) is 98.1 cm³/mol. The van der Waals surface area contributed by atoms with E-state index in [-0.39, 0.29) is 29.2 Å². The van der Waals surface area contributed by atoms with Crippen molar-refractivity contribution in [1.29, 1.82) is 0 Å². The molecule has 1 N–H and O–H groups in total. The lowest BCUT2D eigenvalue weighted by Crippen LogP contribution is -2.53. The van der Waals surface area contributed by atoms with E-state index in [2.05, 4.69) is 22.0 Å². The smallest absolute Gasteiger partial charge is 0.237 e. The van der Waals surface area contributed by atoms with Crippen molar-refractivity contribution in [2.75, 3.05) is 39.4 Å². The highest BCUT2D eigenvalue weighted by Gasteiger charge is 2.52. The highest BCUT2D eigenvalue weighted by atomic mass is 16.2. The molecule has 2 heterocycles. The minimum atomic E-state index is -0.382. The number of imide groups is 1. The van der Waals surface area contributed by atoms with Gasteiger partial charge in [-0.05, 0) is 26.2 Å². The van der Waals surface area contributed by atoms with Crippen LogP contribution in [0, 0.1) is 5.41 Å². The van der Waals surface area contributed by atoms with Crippen molar-refractivity contribution in [3.05, 3.63) is 0 Å². The van der Waals surface area contributed by atoms with Gasteiger partial charge in [-0.2, -0.15) is 0 Å². The summed E-state index contributed by atoms with van der Waals surface area (Å²) in [6.45, 7) is 8.03. The second kappa shape index (κ2) is 8.05. The Morgan fingerprint density at radius 3 is 2.35 bits per heavy atom. The molecular formula is C19H32N4O3. The molecule has 7 nitrogen and oxygen atoms in total. The molecule has 7 heteroatoms. The normalized spacial score (nSPS) is 25.2. The van der Waals surface area contributed by atoms with E-state index < -0.39 is 0 Å². The third-order valence-electron chi connectivity index (χ3n) is 6.24. The number of likely N-dealkylation sites (tertiary alicyclic amines) is 1. The van der Waals surface area contributed by atoms with Crippen molar-refractivity contribution in [3.63, 3.8) is 0 Å². The van der Waals surface area contributed by atoms with Crippen LogP contribution in [0.25, 0.3) is 0 Å². The van der Waals surface area contributed by atoms with Gasteiger partial charge in [0, 0.05) is 38.6 Å². The SMILES string of the molecule is CCC(C)NC(=O)CN1CCN(CN2C(=O)CC3(CCCC3)C2=O)CC1. The van der Waals surface area contributed by atoms with E-state index in [0.29, 0.717) is 19.6 Å². The molecule has 0 aromatic heterocycles. The standard InChI is InChI=1S/C19H32N4O3/c1-3-15(2)20-16(24)13-21-8-10-22(11-9-21)14-23-17(25)12-19(18(23)26)6-4-5-7-19/h15H,3-14H2,1-2H3,(H,20,24). The van der Waals surface area contributed by atoms with Gasteiger partial charge in [-0.3, -0.25) is 29.1 Å². The summed E-state index contributed by atoms with van der Waals surface area (Å²) in [6, 6.07) is 0.207. The van der Waals surface area contributed by atoms with Gasteiger partial charge in [0.15, 0.2) is 0 Å². The maximum absolute atomic E-state index is 12.8. The van der Waals surface area contributed by atoms with Gasteiger partial charge in [0.2, 0.25) is 17.7 Å². The molecule has 3 amide bonds. The molecule has 26 heavy (non-hydrogen) atoms. The minimum Gasteiger partial charge on any atom is -0.353 e. The number of hydrogen-bond donors (Lipinski definition) is 1. The van der Waals surface area contributed by atoms with E-state index in [1.165, 1.54) is 4.90 Å². The van der Waals surface area contributed by atoms with E-state index >= 15 is 0 Å². The number of carbonyl (C=O) groups excluding carboxylic acids is 3. The molecule has 3 fully saturated rings. The first-order chi connectivity index (χ1) is 12.4. The Bertz CT molecular complexity index is 551. The van der Waals surface area contributed by atoms with Crippen LogP contribution in [0.4, 0.5) is 0 Å². The average molecular weight is 364 g/mol. The molecule has 3 rings (SSSR count). The molecule has 3 aliphatic rings. The summed E-state index contributed by atoms with van der Waals surface area (Å²) in [6.07, 6.45) is 5.19. The number of hydrogen-bond acceptors (Lipinski definition) is 5. The van der Waals surface area contributed by atoms with Crippen LogP contribution in [0.2, 0.25) is 0 Å². The number of amides is 3. The Hall–Kier alpha value is -1.47. The Morgan fingerprint density at radius 2 is 1.73 bits per heavy atom. The molecule has 146 valence electrons. The maximum Gasteiger partial charge on any atom is 0.237 e. The second-order valence-electron chi connectivity index (χ2n) is 8.20. The molecule has 2 saturated heterocycles. The lowest BCUT2D eigenvalue weighted by atomic mass is 9.85. The summed E-state index contributed by atoms with van der Waals surface area (Å²) in [7, 11) is 0. The Balaban J connectivity index is 1.45. The summed E-state index contributed by atoms with van der Waals surface area (Å²) in [4.78, 5) is 42.9. The molecule has 0 radical (unpaired) electrons. The predicted octanol–water partition coefficient (Wildman–Crippen LogP) is 0.796. The van der Waals surface area contributed by atoms with E-state index in [0.717, 1.165) is 58.3 Å². The van der Waals surface area contributed by atoms with E-state index in [1.54, 1.807) is 0 Å². The van der Waals surface area contributed by atoms with Crippen molar-refractivity contribution in [2.24, 2.45) is 5.41 Å². The van der Waals surface area contributed by atoms with Crippen molar-refractivity contribution in [3.8, 4) is 0 Å². The third kappa shape index (κ3) is 4.09. The molecule has 2 aliphatic heterocycles. The highest BCUT2D eigenvalue weighted by Crippen LogP contribution is 2.46. The van der Waals surface area contributed by atoms with E-state index in [1.807, 2.05) is 6.92 Å². The van der Waals surface area contributed by atoms with E-state index in [9.17, 15) is 14.4 Å². The summed E-state index contributed by atoms with van der Waals surface area (Å²) in [5.41, 5.74) is -0.382. The van der Waals surface area contributed by atoms with Crippen LogP contribution < -0.4 is 5.32 Å². The van der Waals surface area contributed by atoms with Crippen LogP contribution in [-0.4, -0.2) is 77.9 Å². The maximum atomic E-state index is 12.8. The summed E-state index contributed by atoms with van der Waals surface area (Å²) in [5.74, 6) is 0.114. The zero-order valence-corrected chi connectivity index (χ0v) is 16.1. The summed E-state index contributed by atoms with van der Waals surface area (Å²) in [5, 5.41) is 2.99. The molecule has 1 unspecified atom stereocenters. The topological polar surface area (TPSA) is 73.0 Å². The number of carbonyl (C=O) groups is 3. The summed E-state index contributed by atoms with van der Waals surface area (Å²) >= 11 is 0. The Morgan fingerprint density at radius 1 is 1.12 bits per heavy atom.